The van der Waals surface area contributed by atoms with E-state index in [9.17, 15) is 0 Å². The normalized spacial score (nSPS) is 31.5. The second-order valence-corrected chi connectivity index (χ2v) is 6.16. The number of hydrogen-bond acceptors (Lipinski definition) is 3. The highest BCUT2D eigenvalue weighted by Crippen LogP contribution is 2.41. The Hall–Kier alpha value is -0.800. The summed E-state index contributed by atoms with van der Waals surface area (Å²) in [5, 5.41) is 0. The van der Waals surface area contributed by atoms with Crippen LogP contribution in [0.1, 0.15) is 43.7 Å². The van der Waals surface area contributed by atoms with Crippen molar-refractivity contribution in [3.05, 3.63) is 23.7 Å². The lowest BCUT2D eigenvalue weighted by molar-refractivity contribution is 0.176. The largest absolute Gasteiger partial charge is 0.465 e. The molecule has 1 saturated heterocycles. The van der Waals surface area contributed by atoms with Crippen LogP contribution in [0.3, 0.4) is 0 Å². The standard InChI is InChI=1S/C15H24N2O/c1-10-6-7-14(18-10)15(11(2)16)17-8-12-4-3-5-13(12)9-17/h6-7,11-13,15H,3-5,8-9,16H2,1-2H3. The zero-order valence-corrected chi connectivity index (χ0v) is 11.4. The van der Waals surface area contributed by atoms with Gasteiger partial charge in [0, 0.05) is 19.1 Å². The fraction of sp³-hybridized carbons (Fsp3) is 0.733. The monoisotopic (exact) mass is 248 g/mol. The third kappa shape index (κ3) is 2.10. The van der Waals surface area contributed by atoms with Gasteiger partial charge in [0.2, 0.25) is 0 Å². The van der Waals surface area contributed by atoms with E-state index in [1.54, 1.807) is 0 Å². The summed E-state index contributed by atoms with van der Waals surface area (Å²) in [5.74, 6) is 3.84. The summed E-state index contributed by atoms with van der Waals surface area (Å²) in [6, 6.07) is 4.51. The van der Waals surface area contributed by atoms with Crippen LogP contribution in [0.2, 0.25) is 0 Å². The number of likely N-dealkylation sites (tertiary alicyclic amines) is 1. The van der Waals surface area contributed by atoms with Crippen molar-refractivity contribution in [3.8, 4) is 0 Å². The van der Waals surface area contributed by atoms with Crippen molar-refractivity contribution in [2.24, 2.45) is 17.6 Å². The number of fused-ring (bicyclic) bond motifs is 1. The lowest BCUT2D eigenvalue weighted by Crippen LogP contribution is -2.38. The maximum atomic E-state index is 6.21. The predicted octanol–water partition coefficient (Wildman–Crippen LogP) is 2.71. The number of nitrogens with two attached hydrogens (primary N) is 1. The first-order valence-corrected chi connectivity index (χ1v) is 7.21. The Kier molecular flexibility index (Phi) is 3.20. The van der Waals surface area contributed by atoms with Gasteiger partial charge in [-0.2, -0.15) is 0 Å². The molecule has 2 N–H and O–H groups in total. The molecule has 3 heteroatoms. The number of nitrogens with zero attached hydrogens (tertiary/aromatic N) is 1. The average molecular weight is 248 g/mol. The van der Waals surface area contributed by atoms with E-state index >= 15 is 0 Å². The van der Waals surface area contributed by atoms with Crippen molar-refractivity contribution < 1.29 is 4.42 Å². The lowest BCUT2D eigenvalue weighted by atomic mass is 10.0. The van der Waals surface area contributed by atoms with Crippen LogP contribution < -0.4 is 5.73 Å². The smallest absolute Gasteiger partial charge is 0.122 e. The van der Waals surface area contributed by atoms with Crippen LogP contribution in [0.15, 0.2) is 16.5 Å². The van der Waals surface area contributed by atoms with E-state index in [-0.39, 0.29) is 12.1 Å². The molecule has 18 heavy (non-hydrogen) atoms. The summed E-state index contributed by atoms with van der Waals surface area (Å²) >= 11 is 0. The van der Waals surface area contributed by atoms with Gasteiger partial charge in [0.1, 0.15) is 11.5 Å². The Balaban J connectivity index is 1.79. The molecular formula is C15H24N2O. The first-order chi connectivity index (χ1) is 8.65. The van der Waals surface area contributed by atoms with Crippen molar-refractivity contribution >= 4 is 0 Å². The Labute approximate surface area is 109 Å². The third-order valence-electron chi connectivity index (χ3n) is 4.70. The minimum Gasteiger partial charge on any atom is -0.465 e. The van der Waals surface area contributed by atoms with Crippen molar-refractivity contribution in [1.82, 2.24) is 4.90 Å². The molecule has 0 radical (unpaired) electrons. The molecule has 3 nitrogen and oxygen atoms in total. The number of aryl methyl sites for hydroxylation is 1. The molecule has 4 unspecified atom stereocenters. The molecule has 1 aromatic rings. The van der Waals surface area contributed by atoms with Crippen LogP contribution in [0.25, 0.3) is 0 Å². The quantitative estimate of drug-likeness (QED) is 0.894. The molecule has 1 aliphatic carbocycles. The van der Waals surface area contributed by atoms with Crippen molar-refractivity contribution in [2.45, 2.75) is 45.2 Å². The fourth-order valence-electron chi connectivity index (χ4n) is 3.88. The molecule has 0 aromatic carbocycles. The maximum Gasteiger partial charge on any atom is 0.122 e. The molecule has 1 aliphatic heterocycles. The molecule has 0 amide bonds. The Morgan fingerprint density at radius 3 is 2.44 bits per heavy atom. The molecule has 1 aromatic heterocycles. The molecule has 2 aliphatic rings. The van der Waals surface area contributed by atoms with E-state index in [0.29, 0.717) is 0 Å². The van der Waals surface area contributed by atoms with E-state index in [0.717, 1.165) is 23.4 Å². The second kappa shape index (κ2) is 4.71. The summed E-state index contributed by atoms with van der Waals surface area (Å²) in [5.41, 5.74) is 6.21. The summed E-state index contributed by atoms with van der Waals surface area (Å²) < 4.78 is 5.82. The lowest BCUT2D eigenvalue weighted by Gasteiger charge is -2.29. The first-order valence-electron chi connectivity index (χ1n) is 7.21. The minimum absolute atomic E-state index is 0.120. The van der Waals surface area contributed by atoms with Gasteiger partial charge in [-0.1, -0.05) is 6.42 Å². The van der Waals surface area contributed by atoms with Gasteiger partial charge in [0.25, 0.3) is 0 Å². The van der Waals surface area contributed by atoms with Crippen molar-refractivity contribution in [2.75, 3.05) is 13.1 Å². The van der Waals surface area contributed by atoms with Crippen molar-refractivity contribution in [3.63, 3.8) is 0 Å². The van der Waals surface area contributed by atoms with Gasteiger partial charge in [0.15, 0.2) is 0 Å². The van der Waals surface area contributed by atoms with Crippen LogP contribution in [0.5, 0.6) is 0 Å². The highest BCUT2D eigenvalue weighted by molar-refractivity contribution is 5.13. The topological polar surface area (TPSA) is 42.4 Å². The molecule has 0 spiro atoms. The van der Waals surface area contributed by atoms with Gasteiger partial charge < -0.3 is 10.2 Å². The Morgan fingerprint density at radius 1 is 1.28 bits per heavy atom. The maximum absolute atomic E-state index is 6.21. The van der Waals surface area contributed by atoms with Crippen LogP contribution >= 0.6 is 0 Å². The van der Waals surface area contributed by atoms with Gasteiger partial charge in [-0.25, -0.2) is 0 Å². The zero-order valence-electron chi connectivity index (χ0n) is 11.4. The molecular weight excluding hydrogens is 224 g/mol. The third-order valence-corrected chi connectivity index (χ3v) is 4.70. The highest BCUT2D eigenvalue weighted by atomic mass is 16.3. The van der Waals surface area contributed by atoms with Crippen LogP contribution in [-0.2, 0) is 0 Å². The van der Waals surface area contributed by atoms with Gasteiger partial charge in [0.05, 0.1) is 6.04 Å². The molecule has 0 bridgehead atoms. The number of furan rings is 1. The van der Waals surface area contributed by atoms with E-state index in [1.807, 2.05) is 13.0 Å². The molecule has 2 fully saturated rings. The van der Waals surface area contributed by atoms with E-state index in [2.05, 4.69) is 17.9 Å². The van der Waals surface area contributed by atoms with Gasteiger partial charge in [-0.3, -0.25) is 4.90 Å². The Morgan fingerprint density at radius 2 is 1.94 bits per heavy atom. The average Bonchev–Trinajstić information content (AvgIpc) is 2.94. The van der Waals surface area contributed by atoms with E-state index in [4.69, 9.17) is 10.2 Å². The summed E-state index contributed by atoms with van der Waals surface area (Å²) in [4.78, 5) is 2.55. The number of rotatable bonds is 3. The predicted molar refractivity (Wildman–Crippen MR) is 72.2 cm³/mol. The van der Waals surface area contributed by atoms with E-state index < -0.39 is 0 Å². The molecule has 1 saturated carbocycles. The SMILES string of the molecule is Cc1ccc(C(C(C)N)N2CC3CCCC3C2)o1. The van der Waals surface area contributed by atoms with E-state index in [1.165, 1.54) is 32.4 Å². The summed E-state index contributed by atoms with van der Waals surface area (Å²) in [6.45, 7) is 6.50. The summed E-state index contributed by atoms with van der Waals surface area (Å²) in [6.07, 6.45) is 4.24. The number of hydrogen-bond donors (Lipinski definition) is 1. The molecule has 4 atom stereocenters. The summed E-state index contributed by atoms with van der Waals surface area (Å²) in [7, 11) is 0. The fourth-order valence-corrected chi connectivity index (χ4v) is 3.88. The van der Waals surface area contributed by atoms with Crippen LogP contribution in [0.4, 0.5) is 0 Å². The van der Waals surface area contributed by atoms with Crippen LogP contribution in [0, 0.1) is 18.8 Å². The second-order valence-electron chi connectivity index (χ2n) is 6.16. The zero-order chi connectivity index (χ0) is 12.7. The van der Waals surface area contributed by atoms with Gasteiger partial charge in [-0.05, 0) is 50.7 Å². The molecule has 100 valence electrons. The first kappa shape index (κ1) is 12.2. The molecule has 3 rings (SSSR count). The van der Waals surface area contributed by atoms with Gasteiger partial charge in [-0.15, -0.1) is 0 Å². The van der Waals surface area contributed by atoms with Crippen molar-refractivity contribution in [1.29, 1.82) is 0 Å². The van der Waals surface area contributed by atoms with Gasteiger partial charge >= 0.3 is 0 Å². The minimum atomic E-state index is 0.120. The molecule has 2 heterocycles. The van der Waals surface area contributed by atoms with Crippen LogP contribution in [-0.4, -0.2) is 24.0 Å². The Bertz CT molecular complexity index is 400. The highest BCUT2D eigenvalue weighted by Gasteiger charge is 2.40.